The van der Waals surface area contributed by atoms with Crippen molar-refractivity contribution in [3.63, 3.8) is 0 Å². The van der Waals surface area contributed by atoms with E-state index in [-0.39, 0.29) is 10.6 Å². The van der Waals surface area contributed by atoms with Crippen LogP contribution < -0.4 is 10.6 Å². The predicted molar refractivity (Wildman–Crippen MR) is 98.9 cm³/mol. The van der Waals surface area contributed by atoms with Gasteiger partial charge in [-0.05, 0) is 31.9 Å². The molecule has 2 rings (SSSR count). The summed E-state index contributed by atoms with van der Waals surface area (Å²) < 4.78 is 4.96. The Morgan fingerprint density at radius 2 is 1.93 bits per heavy atom. The lowest BCUT2D eigenvalue weighted by Gasteiger charge is -2.31. The van der Waals surface area contributed by atoms with E-state index in [9.17, 15) is 19.6 Å². The Morgan fingerprint density at radius 3 is 2.56 bits per heavy atom. The topological polar surface area (TPSA) is 108 Å². The zero-order chi connectivity index (χ0) is 19.9. The molecule has 0 saturated heterocycles. The number of nitriles is 1. The molecule has 1 saturated carbocycles. The van der Waals surface area contributed by atoms with E-state index in [1.54, 1.807) is 18.2 Å². The van der Waals surface area contributed by atoms with Crippen molar-refractivity contribution in [3.05, 3.63) is 34.9 Å². The molecule has 0 aliphatic heterocycles. The molecule has 1 aliphatic carbocycles. The highest BCUT2D eigenvalue weighted by Crippen LogP contribution is 2.27. The van der Waals surface area contributed by atoms with Gasteiger partial charge in [-0.2, -0.15) is 5.26 Å². The van der Waals surface area contributed by atoms with E-state index >= 15 is 0 Å². The number of amides is 2. The fraction of sp³-hybridized carbons (Fsp3) is 0.474. The minimum absolute atomic E-state index is 0.241. The maximum absolute atomic E-state index is 12.1. The summed E-state index contributed by atoms with van der Waals surface area (Å²) in [5.41, 5.74) is -0.643. The second kappa shape index (κ2) is 9.38. The first kappa shape index (κ1) is 20.7. The second-order valence-electron chi connectivity index (χ2n) is 6.59. The quantitative estimate of drug-likeness (QED) is 0.723. The highest BCUT2D eigenvalue weighted by atomic mass is 35.5. The van der Waals surface area contributed by atoms with Crippen molar-refractivity contribution in [2.75, 3.05) is 6.61 Å². The highest BCUT2D eigenvalue weighted by Gasteiger charge is 2.33. The van der Waals surface area contributed by atoms with Crippen LogP contribution in [0.2, 0.25) is 5.02 Å². The van der Waals surface area contributed by atoms with Crippen LogP contribution in [0.25, 0.3) is 0 Å². The van der Waals surface area contributed by atoms with Gasteiger partial charge in [0.2, 0.25) is 0 Å². The Balaban J connectivity index is 1.82. The van der Waals surface area contributed by atoms with Crippen LogP contribution in [0, 0.1) is 11.3 Å². The SMILES string of the molecule is C[C@H](NC(=O)c1ccccc1Cl)C(=O)OCC(=O)NC1(C#N)CCCCC1. The van der Waals surface area contributed by atoms with Crippen LogP contribution in [0.3, 0.4) is 0 Å². The molecule has 1 aromatic rings. The molecule has 2 amide bonds. The Labute approximate surface area is 163 Å². The van der Waals surface area contributed by atoms with Crippen molar-refractivity contribution in [1.82, 2.24) is 10.6 Å². The molecular formula is C19H22ClN3O4. The molecule has 0 spiro atoms. The zero-order valence-corrected chi connectivity index (χ0v) is 15.8. The van der Waals surface area contributed by atoms with Gasteiger partial charge in [0.15, 0.2) is 6.61 Å². The Bertz CT molecular complexity index is 754. The van der Waals surface area contributed by atoms with E-state index in [2.05, 4.69) is 16.7 Å². The third-order valence-corrected chi connectivity index (χ3v) is 4.79. The summed E-state index contributed by atoms with van der Waals surface area (Å²) in [6.45, 7) is 0.946. The lowest BCUT2D eigenvalue weighted by molar-refractivity contribution is -0.150. The summed E-state index contributed by atoms with van der Waals surface area (Å²) in [7, 11) is 0. The lowest BCUT2D eigenvalue weighted by atomic mass is 9.83. The number of carbonyl (C=O) groups excluding carboxylic acids is 3. The molecule has 7 nitrogen and oxygen atoms in total. The number of nitrogens with zero attached hydrogens (tertiary/aromatic N) is 1. The zero-order valence-electron chi connectivity index (χ0n) is 15.1. The average Bonchev–Trinajstić information content (AvgIpc) is 2.67. The molecular weight excluding hydrogens is 370 g/mol. The van der Waals surface area contributed by atoms with Crippen molar-refractivity contribution in [3.8, 4) is 6.07 Å². The Hall–Kier alpha value is -2.59. The van der Waals surface area contributed by atoms with Gasteiger partial charge in [-0.3, -0.25) is 9.59 Å². The summed E-state index contributed by atoms with van der Waals surface area (Å²) in [6.07, 6.45) is 3.97. The highest BCUT2D eigenvalue weighted by molar-refractivity contribution is 6.33. The fourth-order valence-corrected chi connectivity index (χ4v) is 3.18. The van der Waals surface area contributed by atoms with Crippen molar-refractivity contribution in [2.24, 2.45) is 0 Å². The summed E-state index contributed by atoms with van der Waals surface area (Å²) >= 11 is 5.95. The summed E-state index contributed by atoms with van der Waals surface area (Å²) in [6, 6.07) is 7.66. The van der Waals surface area contributed by atoms with Gasteiger partial charge in [0, 0.05) is 0 Å². The number of rotatable bonds is 6. The fourth-order valence-electron chi connectivity index (χ4n) is 2.96. The molecule has 0 heterocycles. The molecule has 144 valence electrons. The minimum Gasteiger partial charge on any atom is -0.454 e. The second-order valence-corrected chi connectivity index (χ2v) is 6.99. The van der Waals surface area contributed by atoms with Crippen LogP contribution in [0.5, 0.6) is 0 Å². The molecule has 0 bridgehead atoms. The predicted octanol–water partition coefficient (Wildman–Crippen LogP) is 2.34. The van der Waals surface area contributed by atoms with Crippen LogP contribution in [0.1, 0.15) is 49.4 Å². The van der Waals surface area contributed by atoms with Gasteiger partial charge in [-0.1, -0.05) is 43.0 Å². The van der Waals surface area contributed by atoms with Crippen LogP contribution >= 0.6 is 11.6 Å². The van der Waals surface area contributed by atoms with Gasteiger partial charge in [-0.15, -0.1) is 0 Å². The molecule has 8 heteroatoms. The van der Waals surface area contributed by atoms with Crippen LogP contribution in [0.15, 0.2) is 24.3 Å². The number of hydrogen-bond acceptors (Lipinski definition) is 5. The molecule has 1 atom stereocenters. The van der Waals surface area contributed by atoms with Gasteiger partial charge in [0.05, 0.1) is 16.7 Å². The molecule has 0 aromatic heterocycles. The average molecular weight is 392 g/mol. The van der Waals surface area contributed by atoms with Gasteiger partial charge in [0.25, 0.3) is 11.8 Å². The van der Waals surface area contributed by atoms with Gasteiger partial charge >= 0.3 is 5.97 Å². The minimum atomic E-state index is -0.957. The van der Waals surface area contributed by atoms with Crippen molar-refractivity contribution >= 4 is 29.4 Å². The molecule has 27 heavy (non-hydrogen) atoms. The van der Waals surface area contributed by atoms with Crippen LogP contribution in [-0.4, -0.2) is 36.0 Å². The van der Waals surface area contributed by atoms with Crippen molar-refractivity contribution < 1.29 is 19.1 Å². The number of esters is 1. The first-order valence-electron chi connectivity index (χ1n) is 8.81. The van der Waals surface area contributed by atoms with Gasteiger partial charge < -0.3 is 15.4 Å². The van der Waals surface area contributed by atoms with E-state index in [4.69, 9.17) is 16.3 Å². The Morgan fingerprint density at radius 1 is 1.26 bits per heavy atom. The van der Waals surface area contributed by atoms with Crippen molar-refractivity contribution in [2.45, 2.75) is 50.6 Å². The first-order valence-corrected chi connectivity index (χ1v) is 9.19. The standard InChI is InChI=1S/C19H22ClN3O4/c1-13(22-17(25)14-7-3-4-8-15(14)20)18(26)27-11-16(24)23-19(12-21)9-5-2-6-10-19/h3-4,7-8,13H,2,5-6,9-11H2,1H3,(H,22,25)(H,23,24)/t13-/m0/s1. The number of nitrogens with one attached hydrogen (secondary N) is 2. The molecule has 1 aliphatic rings. The molecule has 0 unspecified atom stereocenters. The molecule has 1 fully saturated rings. The van der Waals surface area contributed by atoms with E-state index < -0.39 is 36.0 Å². The normalized spacial score (nSPS) is 16.5. The smallest absolute Gasteiger partial charge is 0.328 e. The molecule has 2 N–H and O–H groups in total. The van der Waals surface area contributed by atoms with Gasteiger partial charge in [-0.25, -0.2) is 4.79 Å². The number of carbonyl (C=O) groups is 3. The summed E-state index contributed by atoms with van der Waals surface area (Å²) in [5.74, 6) is -1.79. The Kier molecular flexibility index (Phi) is 7.19. The number of ether oxygens (including phenoxy) is 1. The third-order valence-electron chi connectivity index (χ3n) is 4.46. The number of hydrogen-bond donors (Lipinski definition) is 2. The molecule has 1 aromatic carbocycles. The van der Waals surface area contributed by atoms with Gasteiger partial charge in [0.1, 0.15) is 11.6 Å². The van der Waals surface area contributed by atoms with Crippen LogP contribution in [0.4, 0.5) is 0 Å². The maximum atomic E-state index is 12.1. The van der Waals surface area contributed by atoms with E-state index in [1.165, 1.54) is 13.0 Å². The molecule has 0 radical (unpaired) electrons. The largest absolute Gasteiger partial charge is 0.454 e. The number of halogens is 1. The third kappa shape index (κ3) is 5.69. The summed E-state index contributed by atoms with van der Waals surface area (Å²) in [5, 5.41) is 14.8. The number of benzene rings is 1. The first-order chi connectivity index (χ1) is 12.9. The lowest BCUT2D eigenvalue weighted by Crippen LogP contribution is -2.50. The van der Waals surface area contributed by atoms with E-state index in [1.807, 2.05) is 0 Å². The maximum Gasteiger partial charge on any atom is 0.328 e. The monoisotopic (exact) mass is 391 g/mol. The van der Waals surface area contributed by atoms with E-state index in [0.29, 0.717) is 12.8 Å². The van der Waals surface area contributed by atoms with Crippen LogP contribution in [-0.2, 0) is 14.3 Å². The van der Waals surface area contributed by atoms with Crippen molar-refractivity contribution in [1.29, 1.82) is 5.26 Å². The summed E-state index contributed by atoms with van der Waals surface area (Å²) in [4.78, 5) is 36.2. The van der Waals surface area contributed by atoms with E-state index in [0.717, 1.165) is 19.3 Å².